The first-order valence-electron chi connectivity index (χ1n) is 7.61. The number of rotatable bonds is 9. The van der Waals surface area contributed by atoms with Crippen molar-refractivity contribution >= 4 is 11.8 Å². The van der Waals surface area contributed by atoms with Gasteiger partial charge in [0.05, 0.1) is 0 Å². The van der Waals surface area contributed by atoms with Crippen LogP contribution in [0.4, 0.5) is 0 Å². The molecule has 0 aliphatic heterocycles. The standard InChI is InChI=1S/C15H31NS/c1-3-12-16-14-15(9-6-5-7-10-15)11-8-13-17-4-2/h16H,3-14H2,1-2H3. The third kappa shape index (κ3) is 6.15. The van der Waals surface area contributed by atoms with Gasteiger partial charge >= 0.3 is 0 Å². The van der Waals surface area contributed by atoms with E-state index in [2.05, 4.69) is 30.9 Å². The highest BCUT2D eigenvalue weighted by Gasteiger charge is 2.30. The van der Waals surface area contributed by atoms with Crippen LogP contribution in [0.25, 0.3) is 0 Å². The molecule has 1 nitrogen and oxygen atoms in total. The van der Waals surface area contributed by atoms with Gasteiger partial charge in [0.2, 0.25) is 0 Å². The Morgan fingerprint density at radius 3 is 2.53 bits per heavy atom. The fraction of sp³-hybridized carbons (Fsp3) is 1.00. The van der Waals surface area contributed by atoms with E-state index in [0.29, 0.717) is 5.41 Å². The van der Waals surface area contributed by atoms with Crippen LogP contribution in [-0.4, -0.2) is 24.6 Å². The van der Waals surface area contributed by atoms with Gasteiger partial charge in [-0.2, -0.15) is 11.8 Å². The van der Waals surface area contributed by atoms with Gasteiger partial charge in [0.25, 0.3) is 0 Å². The van der Waals surface area contributed by atoms with Crippen molar-refractivity contribution in [2.45, 2.75) is 65.2 Å². The molecule has 1 N–H and O–H groups in total. The highest BCUT2D eigenvalue weighted by atomic mass is 32.2. The fourth-order valence-electron chi connectivity index (χ4n) is 3.04. The monoisotopic (exact) mass is 257 g/mol. The highest BCUT2D eigenvalue weighted by Crippen LogP contribution is 2.40. The van der Waals surface area contributed by atoms with E-state index in [1.54, 1.807) is 0 Å². The van der Waals surface area contributed by atoms with E-state index >= 15 is 0 Å². The SMILES string of the molecule is CCCNCC1(CCCSCC)CCCCC1. The smallest absolute Gasteiger partial charge is 0.000781 e. The summed E-state index contributed by atoms with van der Waals surface area (Å²) in [5, 5.41) is 3.68. The molecule has 0 atom stereocenters. The van der Waals surface area contributed by atoms with Crippen molar-refractivity contribution in [2.75, 3.05) is 24.6 Å². The first-order valence-corrected chi connectivity index (χ1v) is 8.77. The average molecular weight is 257 g/mol. The molecule has 1 rings (SSSR count). The molecular weight excluding hydrogens is 226 g/mol. The van der Waals surface area contributed by atoms with E-state index in [-0.39, 0.29) is 0 Å². The van der Waals surface area contributed by atoms with Crippen LogP contribution in [0.5, 0.6) is 0 Å². The summed E-state index contributed by atoms with van der Waals surface area (Å²) < 4.78 is 0. The largest absolute Gasteiger partial charge is 0.316 e. The molecule has 102 valence electrons. The molecule has 0 bridgehead atoms. The van der Waals surface area contributed by atoms with Crippen LogP contribution in [0.1, 0.15) is 65.2 Å². The predicted molar refractivity (Wildman–Crippen MR) is 80.9 cm³/mol. The van der Waals surface area contributed by atoms with Crippen LogP contribution in [0.2, 0.25) is 0 Å². The Balaban J connectivity index is 2.29. The molecule has 1 aliphatic carbocycles. The fourth-order valence-corrected chi connectivity index (χ4v) is 3.68. The Labute approximate surface area is 113 Å². The van der Waals surface area contributed by atoms with Crippen molar-refractivity contribution in [1.29, 1.82) is 0 Å². The lowest BCUT2D eigenvalue weighted by Gasteiger charge is -2.38. The summed E-state index contributed by atoms with van der Waals surface area (Å²) in [6.07, 6.45) is 11.5. The summed E-state index contributed by atoms with van der Waals surface area (Å²) >= 11 is 2.10. The van der Waals surface area contributed by atoms with Crippen LogP contribution in [0, 0.1) is 5.41 Å². The topological polar surface area (TPSA) is 12.0 Å². The van der Waals surface area contributed by atoms with Crippen LogP contribution in [0.15, 0.2) is 0 Å². The quantitative estimate of drug-likeness (QED) is 0.612. The summed E-state index contributed by atoms with van der Waals surface area (Å²) in [4.78, 5) is 0. The molecule has 2 heteroatoms. The summed E-state index contributed by atoms with van der Waals surface area (Å²) in [5.41, 5.74) is 0.654. The lowest BCUT2D eigenvalue weighted by Crippen LogP contribution is -2.36. The van der Waals surface area contributed by atoms with Crippen molar-refractivity contribution in [3.05, 3.63) is 0 Å². The van der Waals surface area contributed by atoms with Crippen LogP contribution in [-0.2, 0) is 0 Å². The van der Waals surface area contributed by atoms with Gasteiger partial charge in [0.15, 0.2) is 0 Å². The number of hydrogen-bond donors (Lipinski definition) is 1. The summed E-state index contributed by atoms with van der Waals surface area (Å²) in [6.45, 7) is 7.01. The molecule has 1 fully saturated rings. The number of thioether (sulfide) groups is 1. The van der Waals surface area contributed by atoms with E-state index in [0.717, 1.165) is 0 Å². The summed E-state index contributed by atoms with van der Waals surface area (Å²) in [7, 11) is 0. The molecule has 0 unspecified atom stereocenters. The summed E-state index contributed by atoms with van der Waals surface area (Å²) in [6, 6.07) is 0. The van der Waals surface area contributed by atoms with Gasteiger partial charge in [-0.05, 0) is 55.6 Å². The second-order valence-corrected chi connectivity index (χ2v) is 6.93. The van der Waals surface area contributed by atoms with Gasteiger partial charge in [-0.3, -0.25) is 0 Å². The van der Waals surface area contributed by atoms with E-state index in [9.17, 15) is 0 Å². The third-order valence-electron chi connectivity index (χ3n) is 4.04. The molecule has 0 aromatic carbocycles. The maximum Gasteiger partial charge on any atom is 0.000781 e. The minimum Gasteiger partial charge on any atom is -0.316 e. The van der Waals surface area contributed by atoms with Crippen molar-refractivity contribution in [1.82, 2.24) is 5.32 Å². The van der Waals surface area contributed by atoms with Crippen molar-refractivity contribution in [2.24, 2.45) is 5.41 Å². The van der Waals surface area contributed by atoms with Crippen LogP contribution in [0.3, 0.4) is 0 Å². The molecule has 0 spiro atoms. The van der Waals surface area contributed by atoms with E-state index in [1.807, 2.05) is 0 Å². The van der Waals surface area contributed by atoms with Crippen LogP contribution < -0.4 is 5.32 Å². The third-order valence-corrected chi connectivity index (χ3v) is 5.03. The number of hydrogen-bond acceptors (Lipinski definition) is 2. The van der Waals surface area contributed by atoms with Crippen molar-refractivity contribution < 1.29 is 0 Å². The molecular formula is C15H31NS. The Kier molecular flexibility index (Phi) is 8.38. The summed E-state index contributed by atoms with van der Waals surface area (Å²) in [5.74, 6) is 2.65. The van der Waals surface area contributed by atoms with E-state index in [4.69, 9.17) is 0 Å². The van der Waals surface area contributed by atoms with Crippen LogP contribution >= 0.6 is 11.8 Å². The number of nitrogens with one attached hydrogen (secondary N) is 1. The first kappa shape index (κ1) is 15.4. The van der Waals surface area contributed by atoms with Crippen molar-refractivity contribution in [3.8, 4) is 0 Å². The Bertz CT molecular complexity index is 176. The van der Waals surface area contributed by atoms with Crippen molar-refractivity contribution in [3.63, 3.8) is 0 Å². The molecule has 0 aromatic heterocycles. The maximum atomic E-state index is 3.68. The lowest BCUT2D eigenvalue weighted by molar-refractivity contribution is 0.166. The van der Waals surface area contributed by atoms with Gasteiger partial charge in [-0.25, -0.2) is 0 Å². The molecule has 1 aliphatic rings. The Hall–Kier alpha value is 0.310. The zero-order valence-electron chi connectivity index (χ0n) is 11.9. The predicted octanol–water partition coefficient (Wildman–Crippen LogP) is 4.47. The lowest BCUT2D eigenvalue weighted by atomic mass is 9.71. The molecule has 0 radical (unpaired) electrons. The Morgan fingerprint density at radius 2 is 1.88 bits per heavy atom. The molecule has 0 aromatic rings. The minimum atomic E-state index is 0.654. The van der Waals surface area contributed by atoms with Gasteiger partial charge < -0.3 is 5.32 Å². The zero-order valence-corrected chi connectivity index (χ0v) is 12.7. The molecule has 0 heterocycles. The van der Waals surface area contributed by atoms with E-state index in [1.165, 1.54) is 76.0 Å². The molecule has 1 saturated carbocycles. The second-order valence-electron chi connectivity index (χ2n) is 5.54. The normalized spacial score (nSPS) is 19.4. The zero-order chi connectivity index (χ0) is 12.4. The molecule has 0 amide bonds. The highest BCUT2D eigenvalue weighted by molar-refractivity contribution is 7.99. The van der Waals surface area contributed by atoms with Gasteiger partial charge in [-0.15, -0.1) is 0 Å². The van der Waals surface area contributed by atoms with Gasteiger partial charge in [0.1, 0.15) is 0 Å². The molecule has 17 heavy (non-hydrogen) atoms. The Morgan fingerprint density at radius 1 is 1.12 bits per heavy atom. The van der Waals surface area contributed by atoms with Gasteiger partial charge in [0, 0.05) is 6.54 Å². The van der Waals surface area contributed by atoms with E-state index < -0.39 is 0 Å². The minimum absolute atomic E-state index is 0.654. The average Bonchev–Trinajstić information content (AvgIpc) is 2.36. The second kappa shape index (κ2) is 9.27. The maximum absolute atomic E-state index is 3.68. The molecule has 0 saturated heterocycles. The van der Waals surface area contributed by atoms with Gasteiger partial charge in [-0.1, -0.05) is 33.1 Å². The first-order chi connectivity index (χ1) is 8.33.